The van der Waals surface area contributed by atoms with Gasteiger partial charge in [-0.15, -0.1) is 10.2 Å². The maximum atomic E-state index is 5.68. The molecular formula is C18H26N6O. The van der Waals surface area contributed by atoms with E-state index < -0.39 is 0 Å². The normalized spacial score (nSPS) is 13.0. The van der Waals surface area contributed by atoms with Crippen molar-refractivity contribution in [2.24, 2.45) is 0 Å². The quantitative estimate of drug-likeness (QED) is 0.677. The zero-order chi connectivity index (χ0) is 17.8. The minimum absolute atomic E-state index is 0.156. The number of anilines is 1. The Balaban J connectivity index is 1.88. The zero-order valence-electron chi connectivity index (χ0n) is 15.3. The first kappa shape index (κ1) is 17.4. The molecule has 134 valence electrons. The lowest BCUT2D eigenvalue weighted by molar-refractivity contribution is 0.202. The Morgan fingerprint density at radius 1 is 1.28 bits per heavy atom. The topological polar surface area (TPSA) is 71.5 Å². The SMILES string of the molecule is CCN(CC)C(CNc1cc(C(C)C)nn2cnnc12)c1ccco1. The lowest BCUT2D eigenvalue weighted by Gasteiger charge is -2.28. The maximum absolute atomic E-state index is 5.68. The molecule has 7 nitrogen and oxygen atoms in total. The monoisotopic (exact) mass is 342 g/mol. The number of hydrogen-bond donors (Lipinski definition) is 1. The van der Waals surface area contributed by atoms with Gasteiger partial charge in [0.1, 0.15) is 12.1 Å². The zero-order valence-corrected chi connectivity index (χ0v) is 15.3. The molecule has 7 heteroatoms. The van der Waals surface area contributed by atoms with Crippen molar-refractivity contribution in [3.8, 4) is 0 Å². The molecule has 1 unspecified atom stereocenters. The molecule has 0 aliphatic rings. The van der Waals surface area contributed by atoms with E-state index in [1.54, 1.807) is 17.1 Å². The van der Waals surface area contributed by atoms with E-state index in [0.29, 0.717) is 5.92 Å². The van der Waals surface area contributed by atoms with Gasteiger partial charge in [-0.2, -0.15) is 9.61 Å². The summed E-state index contributed by atoms with van der Waals surface area (Å²) in [7, 11) is 0. The van der Waals surface area contributed by atoms with Gasteiger partial charge in [-0.05, 0) is 37.2 Å². The first-order valence-corrected chi connectivity index (χ1v) is 8.86. The molecule has 0 saturated heterocycles. The molecule has 3 aromatic rings. The van der Waals surface area contributed by atoms with Crippen molar-refractivity contribution in [3.63, 3.8) is 0 Å². The van der Waals surface area contributed by atoms with Gasteiger partial charge in [-0.3, -0.25) is 4.90 Å². The minimum atomic E-state index is 0.156. The standard InChI is InChI=1S/C18H26N6O/c1-5-23(6-2)16(17-8-7-9-25-17)11-19-15-10-14(13(3)4)22-24-12-20-21-18(15)24/h7-10,12-13,16,19H,5-6,11H2,1-4H3. The molecule has 0 aliphatic carbocycles. The largest absolute Gasteiger partial charge is 0.468 e. The smallest absolute Gasteiger partial charge is 0.200 e. The van der Waals surface area contributed by atoms with Gasteiger partial charge >= 0.3 is 0 Å². The second kappa shape index (κ2) is 7.65. The van der Waals surface area contributed by atoms with Crippen LogP contribution in [0.3, 0.4) is 0 Å². The van der Waals surface area contributed by atoms with Crippen LogP contribution in [0.15, 0.2) is 35.2 Å². The maximum Gasteiger partial charge on any atom is 0.200 e. The summed E-state index contributed by atoms with van der Waals surface area (Å²) in [6, 6.07) is 6.19. The number of nitrogens with one attached hydrogen (secondary N) is 1. The van der Waals surface area contributed by atoms with Crippen molar-refractivity contribution < 1.29 is 4.42 Å². The Hall–Kier alpha value is -2.41. The average Bonchev–Trinajstić information content (AvgIpc) is 3.29. The predicted octanol–water partition coefficient (Wildman–Crippen LogP) is 3.34. The minimum Gasteiger partial charge on any atom is -0.468 e. The van der Waals surface area contributed by atoms with Crippen LogP contribution >= 0.6 is 0 Å². The van der Waals surface area contributed by atoms with Crippen molar-refractivity contribution >= 4 is 11.3 Å². The summed E-state index contributed by atoms with van der Waals surface area (Å²) in [5, 5.41) is 16.3. The summed E-state index contributed by atoms with van der Waals surface area (Å²) in [4.78, 5) is 2.37. The van der Waals surface area contributed by atoms with Gasteiger partial charge in [0.15, 0.2) is 0 Å². The first-order valence-electron chi connectivity index (χ1n) is 8.86. The number of furan rings is 1. The third kappa shape index (κ3) is 3.66. The Morgan fingerprint density at radius 2 is 2.08 bits per heavy atom. The van der Waals surface area contributed by atoms with Gasteiger partial charge in [-0.25, -0.2) is 0 Å². The van der Waals surface area contributed by atoms with Crippen LogP contribution in [-0.4, -0.2) is 44.3 Å². The highest BCUT2D eigenvalue weighted by Gasteiger charge is 2.21. The van der Waals surface area contributed by atoms with Gasteiger partial charge in [0.2, 0.25) is 5.65 Å². The third-order valence-corrected chi connectivity index (χ3v) is 4.49. The van der Waals surface area contributed by atoms with Gasteiger partial charge in [0.25, 0.3) is 0 Å². The molecule has 3 aromatic heterocycles. The van der Waals surface area contributed by atoms with Gasteiger partial charge < -0.3 is 9.73 Å². The molecule has 25 heavy (non-hydrogen) atoms. The number of fused-ring (bicyclic) bond motifs is 1. The van der Waals surface area contributed by atoms with E-state index in [9.17, 15) is 0 Å². The highest BCUT2D eigenvalue weighted by Crippen LogP contribution is 2.24. The highest BCUT2D eigenvalue weighted by molar-refractivity contribution is 5.66. The van der Waals surface area contributed by atoms with Crippen molar-refractivity contribution in [1.82, 2.24) is 24.7 Å². The summed E-state index contributed by atoms with van der Waals surface area (Å²) in [5.41, 5.74) is 2.69. The van der Waals surface area contributed by atoms with Crippen LogP contribution in [0, 0.1) is 0 Å². The Morgan fingerprint density at radius 3 is 2.72 bits per heavy atom. The molecule has 0 aromatic carbocycles. The number of hydrogen-bond acceptors (Lipinski definition) is 6. The highest BCUT2D eigenvalue weighted by atomic mass is 16.3. The number of aromatic nitrogens is 4. The fraction of sp³-hybridized carbons (Fsp3) is 0.500. The van der Waals surface area contributed by atoms with E-state index in [-0.39, 0.29) is 6.04 Å². The van der Waals surface area contributed by atoms with E-state index >= 15 is 0 Å². The van der Waals surface area contributed by atoms with Crippen LogP contribution in [0.5, 0.6) is 0 Å². The van der Waals surface area contributed by atoms with Gasteiger partial charge in [0.05, 0.1) is 23.7 Å². The Kier molecular flexibility index (Phi) is 5.33. The van der Waals surface area contributed by atoms with Crippen molar-refractivity contribution in [2.45, 2.75) is 39.7 Å². The second-order valence-corrected chi connectivity index (χ2v) is 6.37. The summed E-state index contributed by atoms with van der Waals surface area (Å²) in [6.07, 6.45) is 3.37. The van der Waals surface area contributed by atoms with Gasteiger partial charge in [-0.1, -0.05) is 27.7 Å². The molecule has 0 spiro atoms. The summed E-state index contributed by atoms with van der Waals surface area (Å²) >= 11 is 0. The number of rotatable bonds is 8. The van der Waals surface area contributed by atoms with Crippen molar-refractivity contribution in [3.05, 3.63) is 42.2 Å². The van der Waals surface area contributed by atoms with E-state index in [4.69, 9.17) is 4.42 Å². The fourth-order valence-electron chi connectivity index (χ4n) is 3.02. The first-order chi connectivity index (χ1) is 12.1. The van der Waals surface area contributed by atoms with Crippen LogP contribution in [0.25, 0.3) is 5.65 Å². The lowest BCUT2D eigenvalue weighted by atomic mass is 10.1. The van der Waals surface area contributed by atoms with Crippen molar-refractivity contribution in [1.29, 1.82) is 0 Å². The Bertz CT molecular complexity index is 791. The Labute approximate surface area is 148 Å². The molecule has 1 N–H and O–H groups in total. The van der Waals surface area contributed by atoms with E-state index in [1.807, 2.05) is 12.1 Å². The molecule has 3 heterocycles. The predicted molar refractivity (Wildman–Crippen MR) is 97.7 cm³/mol. The van der Waals surface area contributed by atoms with Crippen LogP contribution in [0.4, 0.5) is 5.69 Å². The second-order valence-electron chi connectivity index (χ2n) is 6.37. The van der Waals surface area contributed by atoms with E-state index in [2.05, 4.69) is 59.3 Å². The fourth-order valence-corrected chi connectivity index (χ4v) is 3.02. The van der Waals surface area contributed by atoms with E-state index in [1.165, 1.54) is 0 Å². The van der Waals surface area contributed by atoms with Crippen LogP contribution < -0.4 is 5.32 Å². The summed E-state index contributed by atoms with van der Waals surface area (Å²) in [6.45, 7) is 11.2. The van der Waals surface area contributed by atoms with E-state index in [0.717, 1.165) is 42.4 Å². The van der Waals surface area contributed by atoms with Gasteiger partial charge in [0, 0.05) is 6.54 Å². The summed E-state index contributed by atoms with van der Waals surface area (Å²) in [5.74, 6) is 1.29. The molecule has 0 radical (unpaired) electrons. The molecule has 3 rings (SSSR count). The molecular weight excluding hydrogens is 316 g/mol. The molecule has 0 aliphatic heterocycles. The molecule has 1 atom stereocenters. The molecule has 0 amide bonds. The average molecular weight is 342 g/mol. The van der Waals surface area contributed by atoms with Crippen LogP contribution in [-0.2, 0) is 0 Å². The van der Waals surface area contributed by atoms with Crippen LogP contribution in [0.1, 0.15) is 51.1 Å². The van der Waals surface area contributed by atoms with Crippen LogP contribution in [0.2, 0.25) is 0 Å². The number of likely N-dealkylation sites (N-methyl/N-ethyl adjacent to an activating group) is 1. The third-order valence-electron chi connectivity index (χ3n) is 4.49. The number of nitrogens with zero attached hydrogens (tertiary/aromatic N) is 5. The molecule has 0 fully saturated rings. The molecule has 0 bridgehead atoms. The van der Waals surface area contributed by atoms with Crippen molar-refractivity contribution in [2.75, 3.05) is 25.0 Å². The summed E-state index contributed by atoms with van der Waals surface area (Å²) < 4.78 is 7.41. The molecule has 0 saturated carbocycles. The lowest BCUT2D eigenvalue weighted by Crippen LogP contribution is -2.33.